The molecule has 0 bridgehead atoms. The van der Waals surface area contributed by atoms with E-state index in [4.69, 9.17) is 14.7 Å². The number of carbonyl (C=O) groups excluding carboxylic acids is 1. The number of alkyl carbamates (subject to hydrolysis) is 1. The number of nitrogens with zero attached hydrogens (tertiary/aromatic N) is 2. The van der Waals surface area contributed by atoms with Crippen LogP contribution in [0.1, 0.15) is 83.4 Å². The summed E-state index contributed by atoms with van der Waals surface area (Å²) in [4.78, 5) is 30.0. The van der Waals surface area contributed by atoms with E-state index < -0.39 is 17.2 Å². The Balaban J connectivity index is 1.06. The number of hydrogen-bond acceptors (Lipinski definition) is 5. The molecule has 0 spiro atoms. The third-order valence-corrected chi connectivity index (χ3v) is 9.81. The summed E-state index contributed by atoms with van der Waals surface area (Å²) in [5.74, 6) is 1.85. The van der Waals surface area contributed by atoms with Gasteiger partial charge in [-0.05, 0) is 105 Å². The van der Waals surface area contributed by atoms with Crippen LogP contribution in [0.25, 0.3) is 55.1 Å². The molecule has 1 amide bonds. The molecule has 0 radical (unpaired) electrons. The molecule has 47 heavy (non-hydrogen) atoms. The van der Waals surface area contributed by atoms with Crippen molar-refractivity contribution < 1.29 is 9.53 Å². The van der Waals surface area contributed by atoms with Gasteiger partial charge in [-0.25, -0.2) is 14.8 Å². The summed E-state index contributed by atoms with van der Waals surface area (Å²) in [6, 6.07) is 26.4. The van der Waals surface area contributed by atoms with Gasteiger partial charge in [0.1, 0.15) is 22.8 Å². The van der Waals surface area contributed by atoms with E-state index in [0.29, 0.717) is 6.04 Å². The van der Waals surface area contributed by atoms with Crippen LogP contribution in [0, 0.1) is 0 Å². The van der Waals surface area contributed by atoms with Crippen LogP contribution in [-0.2, 0) is 10.3 Å². The van der Waals surface area contributed by atoms with Gasteiger partial charge in [0.05, 0.1) is 28.1 Å². The number of hydrogen-bond donors (Lipinski definition) is 4. The van der Waals surface area contributed by atoms with Crippen LogP contribution in [0.5, 0.6) is 0 Å². The Morgan fingerprint density at radius 2 is 1.53 bits per heavy atom. The molecule has 2 aromatic heterocycles. The van der Waals surface area contributed by atoms with Crippen molar-refractivity contribution in [3.8, 4) is 22.3 Å². The van der Waals surface area contributed by atoms with Crippen LogP contribution in [0.2, 0.25) is 0 Å². The molecule has 2 aliphatic rings. The van der Waals surface area contributed by atoms with E-state index in [9.17, 15) is 4.79 Å². The minimum Gasteiger partial charge on any atom is -0.444 e. The summed E-state index contributed by atoms with van der Waals surface area (Å²) in [5.41, 5.74) is 7.53. The van der Waals surface area contributed by atoms with Gasteiger partial charge in [0, 0.05) is 5.39 Å². The average Bonchev–Trinajstić information content (AvgIpc) is 3.84. The normalized spacial score (nSPS) is 18.2. The van der Waals surface area contributed by atoms with Crippen molar-refractivity contribution in [1.82, 2.24) is 30.6 Å². The first kappa shape index (κ1) is 29.7. The SMILES string of the molecule is CC(C)(C)OC(=O)NC1(c2nc3c(ccc4cc(-c5ccc(-c6ccc7nc(C8CCCN8)[nH]c7c6)cc5)ccc43)[nH]2)CCCCC1. The molecule has 1 aliphatic heterocycles. The number of fused-ring (bicyclic) bond motifs is 4. The van der Waals surface area contributed by atoms with Gasteiger partial charge >= 0.3 is 6.09 Å². The Kier molecular flexibility index (Phi) is 7.28. The first-order chi connectivity index (χ1) is 22.7. The van der Waals surface area contributed by atoms with Crippen molar-refractivity contribution in [3.05, 3.63) is 84.4 Å². The lowest BCUT2D eigenvalue weighted by atomic mass is 9.81. The van der Waals surface area contributed by atoms with Crippen molar-refractivity contribution >= 4 is 38.9 Å². The second-order valence-corrected chi connectivity index (χ2v) is 14.3. The van der Waals surface area contributed by atoms with Gasteiger partial charge in [0.15, 0.2) is 0 Å². The van der Waals surface area contributed by atoms with Crippen molar-refractivity contribution in [2.24, 2.45) is 0 Å². The van der Waals surface area contributed by atoms with Crippen molar-refractivity contribution in [2.75, 3.05) is 6.54 Å². The van der Waals surface area contributed by atoms with E-state index in [1.165, 1.54) is 23.1 Å². The van der Waals surface area contributed by atoms with Gasteiger partial charge in [-0.2, -0.15) is 0 Å². The third-order valence-electron chi connectivity index (χ3n) is 9.81. The smallest absolute Gasteiger partial charge is 0.408 e. The molecule has 8 nitrogen and oxygen atoms in total. The zero-order chi connectivity index (χ0) is 32.2. The molecule has 1 unspecified atom stereocenters. The topological polar surface area (TPSA) is 108 Å². The maximum atomic E-state index is 12.9. The van der Waals surface area contributed by atoms with Crippen LogP contribution in [0.3, 0.4) is 0 Å². The first-order valence-corrected chi connectivity index (χ1v) is 17.0. The van der Waals surface area contributed by atoms with E-state index in [1.807, 2.05) is 20.8 Å². The Labute approximate surface area is 274 Å². The molecule has 2 fully saturated rings. The Morgan fingerprint density at radius 1 is 0.809 bits per heavy atom. The molecular weight excluding hydrogens is 584 g/mol. The van der Waals surface area contributed by atoms with Crippen LogP contribution in [0.4, 0.5) is 4.79 Å². The van der Waals surface area contributed by atoms with E-state index in [0.717, 1.165) is 95.1 Å². The average molecular weight is 627 g/mol. The lowest BCUT2D eigenvalue weighted by molar-refractivity contribution is 0.0413. The number of rotatable bonds is 5. The predicted molar refractivity (Wildman–Crippen MR) is 188 cm³/mol. The Hall–Kier alpha value is -4.69. The molecule has 1 atom stereocenters. The maximum absolute atomic E-state index is 12.9. The summed E-state index contributed by atoms with van der Waals surface area (Å²) < 4.78 is 5.66. The second kappa shape index (κ2) is 11.5. The molecule has 8 rings (SSSR count). The number of imidazole rings is 2. The minimum atomic E-state index is -0.564. The molecule has 1 saturated carbocycles. The third kappa shape index (κ3) is 5.76. The predicted octanol–water partition coefficient (Wildman–Crippen LogP) is 9.04. The van der Waals surface area contributed by atoms with Crippen molar-refractivity contribution in [1.29, 1.82) is 0 Å². The maximum Gasteiger partial charge on any atom is 0.408 e. The molecule has 4 aromatic carbocycles. The van der Waals surface area contributed by atoms with E-state index in [1.54, 1.807) is 0 Å². The number of nitrogens with one attached hydrogen (secondary N) is 4. The van der Waals surface area contributed by atoms with Crippen LogP contribution >= 0.6 is 0 Å². The highest BCUT2D eigenvalue weighted by molar-refractivity contribution is 6.05. The molecule has 6 aromatic rings. The van der Waals surface area contributed by atoms with E-state index in [-0.39, 0.29) is 0 Å². The lowest BCUT2D eigenvalue weighted by Crippen LogP contribution is -2.49. The zero-order valence-electron chi connectivity index (χ0n) is 27.4. The summed E-state index contributed by atoms with van der Waals surface area (Å²) in [7, 11) is 0. The number of benzene rings is 4. The largest absolute Gasteiger partial charge is 0.444 e. The van der Waals surface area contributed by atoms with Gasteiger partial charge in [-0.3, -0.25) is 0 Å². The monoisotopic (exact) mass is 626 g/mol. The molecular formula is C39H42N6O2. The highest BCUT2D eigenvalue weighted by atomic mass is 16.6. The number of aromatic nitrogens is 4. The molecule has 8 heteroatoms. The molecule has 240 valence electrons. The second-order valence-electron chi connectivity index (χ2n) is 14.3. The van der Waals surface area contributed by atoms with E-state index >= 15 is 0 Å². The molecule has 4 N–H and O–H groups in total. The van der Waals surface area contributed by atoms with Crippen molar-refractivity contribution in [2.45, 2.75) is 82.9 Å². The van der Waals surface area contributed by atoms with Crippen LogP contribution in [0.15, 0.2) is 72.8 Å². The van der Waals surface area contributed by atoms with Gasteiger partial charge in [0.25, 0.3) is 0 Å². The quantitative estimate of drug-likeness (QED) is 0.153. The fraction of sp³-hybridized carbons (Fsp3) is 0.359. The molecule has 1 saturated heterocycles. The number of carbonyl (C=O) groups is 1. The number of aromatic amines is 2. The Morgan fingerprint density at radius 3 is 2.26 bits per heavy atom. The van der Waals surface area contributed by atoms with Gasteiger partial charge in [-0.15, -0.1) is 0 Å². The summed E-state index contributed by atoms with van der Waals surface area (Å²) >= 11 is 0. The zero-order valence-corrected chi connectivity index (χ0v) is 27.4. The number of amides is 1. The molecule has 3 heterocycles. The number of H-pyrrole nitrogens is 2. The first-order valence-electron chi connectivity index (χ1n) is 17.0. The van der Waals surface area contributed by atoms with Gasteiger partial charge < -0.3 is 25.3 Å². The van der Waals surface area contributed by atoms with Crippen LogP contribution in [-0.4, -0.2) is 38.2 Å². The standard InChI is InChI=1S/C39H42N6O2/c1-38(2,3)47-37(46)45-39(19-5-4-6-20-39)36-43-31-18-15-28-22-26(13-16-29(28)34(31)44-36)24-9-11-25(12-10-24)27-14-17-30-33(23-27)42-35(41-30)32-8-7-21-40-32/h9-18,22-23,32,40H,4-8,19-21H2,1-3H3,(H,41,42)(H,43,44)(H,45,46). The van der Waals surface area contributed by atoms with Gasteiger partial charge in [-0.1, -0.05) is 67.8 Å². The van der Waals surface area contributed by atoms with Crippen LogP contribution < -0.4 is 10.6 Å². The number of ether oxygens (including phenoxy) is 1. The highest BCUT2D eigenvalue weighted by Crippen LogP contribution is 2.38. The minimum absolute atomic E-state index is 0.327. The molecule has 1 aliphatic carbocycles. The van der Waals surface area contributed by atoms with E-state index in [2.05, 4.69) is 93.4 Å². The summed E-state index contributed by atoms with van der Waals surface area (Å²) in [6.45, 7) is 6.73. The Bertz CT molecular complexity index is 2090. The fourth-order valence-corrected chi connectivity index (χ4v) is 7.43. The van der Waals surface area contributed by atoms with Crippen molar-refractivity contribution in [3.63, 3.8) is 0 Å². The summed E-state index contributed by atoms with van der Waals surface area (Å²) in [5, 5.41) is 8.98. The highest BCUT2D eigenvalue weighted by Gasteiger charge is 2.39. The van der Waals surface area contributed by atoms with Gasteiger partial charge in [0.2, 0.25) is 0 Å². The summed E-state index contributed by atoms with van der Waals surface area (Å²) in [6.07, 6.45) is 6.82. The lowest BCUT2D eigenvalue weighted by Gasteiger charge is -2.36. The fourth-order valence-electron chi connectivity index (χ4n) is 7.43.